The summed E-state index contributed by atoms with van der Waals surface area (Å²) in [7, 11) is 0. The van der Waals surface area contributed by atoms with Crippen LogP contribution in [0.1, 0.15) is 5.69 Å². The highest BCUT2D eigenvalue weighted by atomic mass is 15.2. The molecule has 0 amide bonds. The number of pyridine rings is 3. The summed E-state index contributed by atoms with van der Waals surface area (Å²) in [5, 5.41) is 0. The maximum absolute atomic E-state index is 4.98. The maximum Gasteiger partial charge on any atom is 0.135 e. The average Bonchev–Trinajstić information content (AvgIpc) is 2.89. The zero-order valence-electron chi connectivity index (χ0n) is 17.5. The molecule has 154 valence electrons. The summed E-state index contributed by atoms with van der Waals surface area (Å²) in [6.45, 7) is 0.567. The summed E-state index contributed by atoms with van der Waals surface area (Å²) in [4.78, 5) is 16.6. The molecule has 2 aromatic carbocycles. The first-order valence-electron chi connectivity index (χ1n) is 10.6. The molecule has 0 saturated carbocycles. The van der Waals surface area contributed by atoms with Crippen LogP contribution >= 0.6 is 0 Å². The van der Waals surface area contributed by atoms with Gasteiger partial charge in [0.25, 0.3) is 0 Å². The number of anilines is 2. The monoisotopic (exact) mass is 414 g/mol. The molecule has 5 aromatic rings. The second-order valence-corrected chi connectivity index (χ2v) is 7.40. The summed E-state index contributed by atoms with van der Waals surface area (Å²) in [6, 6.07) is 38.6. The van der Waals surface area contributed by atoms with E-state index in [1.807, 2.05) is 97.2 Å². The Hall–Kier alpha value is -4.31. The summed E-state index contributed by atoms with van der Waals surface area (Å²) < 4.78 is 0. The fourth-order valence-corrected chi connectivity index (χ4v) is 3.62. The minimum absolute atomic E-state index is 0.567. The van der Waals surface area contributed by atoms with Crippen LogP contribution in [0.5, 0.6) is 0 Å². The highest BCUT2D eigenvalue weighted by molar-refractivity contribution is 5.67. The van der Waals surface area contributed by atoms with Gasteiger partial charge in [0.05, 0.1) is 23.6 Å². The van der Waals surface area contributed by atoms with Gasteiger partial charge in [-0.15, -0.1) is 0 Å². The lowest BCUT2D eigenvalue weighted by atomic mass is 10.1. The number of nitrogens with zero attached hydrogens (tertiary/aromatic N) is 4. The van der Waals surface area contributed by atoms with Crippen molar-refractivity contribution < 1.29 is 0 Å². The average molecular weight is 415 g/mol. The number of rotatable bonds is 6. The summed E-state index contributed by atoms with van der Waals surface area (Å²) in [6.07, 6.45) is 1.81. The van der Waals surface area contributed by atoms with E-state index in [0.717, 1.165) is 39.8 Å². The van der Waals surface area contributed by atoms with Crippen molar-refractivity contribution in [2.75, 3.05) is 4.90 Å². The zero-order chi connectivity index (χ0) is 21.6. The second kappa shape index (κ2) is 9.23. The molecular weight excluding hydrogens is 392 g/mol. The van der Waals surface area contributed by atoms with Gasteiger partial charge < -0.3 is 4.90 Å². The van der Waals surface area contributed by atoms with E-state index in [9.17, 15) is 0 Å². The normalized spacial score (nSPS) is 10.6. The van der Waals surface area contributed by atoms with Crippen molar-refractivity contribution in [3.8, 4) is 22.5 Å². The van der Waals surface area contributed by atoms with Crippen LogP contribution in [0.25, 0.3) is 22.5 Å². The minimum Gasteiger partial charge on any atom is -0.305 e. The Labute approximate surface area is 187 Å². The third-order valence-corrected chi connectivity index (χ3v) is 5.21. The molecule has 0 N–H and O–H groups in total. The van der Waals surface area contributed by atoms with Gasteiger partial charge in [-0.1, -0.05) is 78.9 Å². The van der Waals surface area contributed by atoms with Gasteiger partial charge in [-0.3, -0.25) is 4.98 Å². The molecule has 0 fully saturated rings. The van der Waals surface area contributed by atoms with Gasteiger partial charge in [0.15, 0.2) is 0 Å². The van der Waals surface area contributed by atoms with Crippen LogP contribution in [0.15, 0.2) is 121 Å². The van der Waals surface area contributed by atoms with E-state index in [1.165, 1.54) is 0 Å². The van der Waals surface area contributed by atoms with Crippen molar-refractivity contribution in [3.05, 3.63) is 127 Å². The molecule has 4 nitrogen and oxygen atoms in total. The van der Waals surface area contributed by atoms with Crippen LogP contribution in [0.4, 0.5) is 11.6 Å². The third kappa shape index (κ3) is 4.40. The Morgan fingerprint density at radius 1 is 0.500 bits per heavy atom. The topological polar surface area (TPSA) is 41.9 Å². The molecule has 4 heteroatoms. The Morgan fingerprint density at radius 3 is 1.53 bits per heavy atom. The smallest absolute Gasteiger partial charge is 0.135 e. The van der Waals surface area contributed by atoms with Gasteiger partial charge in [0, 0.05) is 17.3 Å². The molecule has 3 aromatic heterocycles. The molecule has 0 aliphatic heterocycles. The van der Waals surface area contributed by atoms with Gasteiger partial charge >= 0.3 is 0 Å². The van der Waals surface area contributed by atoms with E-state index in [1.54, 1.807) is 0 Å². The van der Waals surface area contributed by atoms with E-state index in [0.29, 0.717) is 6.54 Å². The van der Waals surface area contributed by atoms with Crippen molar-refractivity contribution in [1.29, 1.82) is 0 Å². The van der Waals surface area contributed by atoms with Gasteiger partial charge in [-0.05, 0) is 36.4 Å². The highest BCUT2D eigenvalue weighted by Crippen LogP contribution is 2.29. The first-order valence-corrected chi connectivity index (χ1v) is 10.6. The molecule has 5 rings (SSSR count). The Kier molecular flexibility index (Phi) is 5.66. The van der Waals surface area contributed by atoms with E-state index in [2.05, 4.69) is 34.1 Å². The number of hydrogen-bond donors (Lipinski definition) is 0. The molecule has 32 heavy (non-hydrogen) atoms. The Bertz CT molecular complexity index is 1210. The van der Waals surface area contributed by atoms with E-state index >= 15 is 0 Å². The minimum atomic E-state index is 0.567. The van der Waals surface area contributed by atoms with Crippen LogP contribution < -0.4 is 4.90 Å². The number of benzene rings is 2. The van der Waals surface area contributed by atoms with Crippen LogP contribution in [-0.2, 0) is 6.54 Å². The predicted molar refractivity (Wildman–Crippen MR) is 129 cm³/mol. The van der Waals surface area contributed by atoms with Crippen LogP contribution in [0.2, 0.25) is 0 Å². The molecule has 0 radical (unpaired) electrons. The Balaban J connectivity index is 1.58. The first-order chi connectivity index (χ1) is 15.9. The molecule has 0 unspecified atom stereocenters. The van der Waals surface area contributed by atoms with Crippen LogP contribution in [0.3, 0.4) is 0 Å². The van der Waals surface area contributed by atoms with Crippen molar-refractivity contribution in [2.45, 2.75) is 6.54 Å². The Morgan fingerprint density at radius 2 is 1.03 bits per heavy atom. The molecule has 0 bridgehead atoms. The van der Waals surface area contributed by atoms with Crippen molar-refractivity contribution in [3.63, 3.8) is 0 Å². The van der Waals surface area contributed by atoms with Crippen molar-refractivity contribution in [1.82, 2.24) is 15.0 Å². The summed E-state index contributed by atoms with van der Waals surface area (Å²) >= 11 is 0. The molecule has 0 atom stereocenters. The standard InChI is InChI=1S/C28H22N4/c1-3-11-22(12-4-1)25-16-9-18-27(30-25)32(21-24-15-7-8-20-29-24)28-19-10-17-26(31-28)23-13-5-2-6-14-23/h1-20H,21H2. The van der Waals surface area contributed by atoms with Crippen molar-refractivity contribution >= 4 is 11.6 Å². The molecular formula is C28H22N4. The van der Waals surface area contributed by atoms with Crippen molar-refractivity contribution in [2.24, 2.45) is 0 Å². The first kappa shape index (κ1) is 19.6. The largest absolute Gasteiger partial charge is 0.305 e. The third-order valence-electron chi connectivity index (χ3n) is 5.21. The predicted octanol–water partition coefficient (Wildman–Crippen LogP) is 6.54. The molecule has 3 heterocycles. The molecule has 0 saturated heterocycles. The zero-order valence-corrected chi connectivity index (χ0v) is 17.5. The van der Waals surface area contributed by atoms with Crippen LogP contribution in [-0.4, -0.2) is 15.0 Å². The summed E-state index contributed by atoms with van der Waals surface area (Å²) in [5.74, 6) is 1.66. The quantitative estimate of drug-likeness (QED) is 0.316. The lowest BCUT2D eigenvalue weighted by molar-refractivity contribution is 0.890. The lowest BCUT2D eigenvalue weighted by Crippen LogP contribution is -2.20. The van der Waals surface area contributed by atoms with E-state index in [4.69, 9.17) is 9.97 Å². The number of hydrogen-bond acceptors (Lipinski definition) is 4. The summed E-state index contributed by atoms with van der Waals surface area (Å²) in [5.41, 5.74) is 4.96. The fourth-order valence-electron chi connectivity index (χ4n) is 3.62. The highest BCUT2D eigenvalue weighted by Gasteiger charge is 2.15. The molecule has 0 aliphatic carbocycles. The fraction of sp³-hybridized carbons (Fsp3) is 0.0357. The van der Waals surface area contributed by atoms with Gasteiger partial charge in [-0.2, -0.15) is 0 Å². The van der Waals surface area contributed by atoms with Gasteiger partial charge in [0.2, 0.25) is 0 Å². The van der Waals surface area contributed by atoms with E-state index in [-0.39, 0.29) is 0 Å². The SMILES string of the molecule is c1ccc(-c2cccc(N(Cc3ccccn3)c3cccc(-c4ccccc4)n3)n2)cc1. The van der Waals surface area contributed by atoms with Crippen LogP contribution in [0, 0.1) is 0 Å². The van der Waals surface area contributed by atoms with Gasteiger partial charge in [-0.25, -0.2) is 9.97 Å². The second-order valence-electron chi connectivity index (χ2n) is 7.40. The molecule has 0 aliphatic rings. The lowest BCUT2D eigenvalue weighted by Gasteiger charge is -2.23. The molecule has 0 spiro atoms. The van der Waals surface area contributed by atoms with Gasteiger partial charge in [0.1, 0.15) is 11.6 Å². The number of aromatic nitrogens is 3. The van der Waals surface area contributed by atoms with E-state index < -0.39 is 0 Å². The maximum atomic E-state index is 4.98.